The summed E-state index contributed by atoms with van der Waals surface area (Å²) in [6.07, 6.45) is 1.77. The first-order valence-corrected chi connectivity index (χ1v) is 11.9. The van der Waals surface area contributed by atoms with Crippen LogP contribution in [0, 0.1) is 0 Å². The third-order valence-corrected chi connectivity index (χ3v) is 7.85. The number of carboxylic acids is 1. The molecule has 3 aromatic carbocycles. The van der Waals surface area contributed by atoms with Gasteiger partial charge < -0.3 is 9.84 Å². The molecule has 0 radical (unpaired) electrons. The van der Waals surface area contributed by atoms with E-state index in [0.29, 0.717) is 18.2 Å². The van der Waals surface area contributed by atoms with Gasteiger partial charge in [-0.1, -0.05) is 54.6 Å². The van der Waals surface area contributed by atoms with Crippen LogP contribution in [0.25, 0.3) is 10.8 Å². The highest BCUT2D eigenvalue weighted by atomic mass is 32.2. The molecule has 1 heterocycles. The van der Waals surface area contributed by atoms with Gasteiger partial charge >= 0.3 is 5.97 Å². The standard InChI is InChI=1S/C24H23NO5S/c26-22(27)14-11-16-7-3-9-18-23-19(12-13-20(23)30-24(16)18)25-31(28,29)21-10-4-6-15-5-1-2-8-17(15)21/h1-10,19-20,23,25H,11-14H2,(H,26,27). The summed E-state index contributed by atoms with van der Waals surface area (Å²) < 4.78 is 35.8. The summed E-state index contributed by atoms with van der Waals surface area (Å²) in [7, 11) is -3.73. The van der Waals surface area contributed by atoms with Crippen LogP contribution < -0.4 is 9.46 Å². The second kappa shape index (κ2) is 7.66. The molecule has 5 rings (SSSR count). The molecule has 7 heteroatoms. The van der Waals surface area contributed by atoms with Crippen molar-refractivity contribution in [3.8, 4) is 5.75 Å². The minimum absolute atomic E-state index is 0.0340. The van der Waals surface area contributed by atoms with Crippen LogP contribution in [0.15, 0.2) is 65.6 Å². The van der Waals surface area contributed by atoms with Gasteiger partial charge in [0.25, 0.3) is 0 Å². The van der Waals surface area contributed by atoms with Crippen LogP contribution in [0.4, 0.5) is 0 Å². The molecule has 1 saturated carbocycles. The van der Waals surface area contributed by atoms with Crippen LogP contribution in [-0.4, -0.2) is 31.6 Å². The van der Waals surface area contributed by atoms with Gasteiger partial charge in [0.05, 0.1) is 4.90 Å². The number of hydrogen-bond donors (Lipinski definition) is 2. The van der Waals surface area contributed by atoms with Gasteiger partial charge in [0.1, 0.15) is 11.9 Å². The molecule has 0 spiro atoms. The summed E-state index contributed by atoms with van der Waals surface area (Å²) in [4.78, 5) is 11.3. The molecule has 1 fully saturated rings. The molecule has 31 heavy (non-hydrogen) atoms. The Kier molecular flexibility index (Phi) is 4.95. The van der Waals surface area contributed by atoms with E-state index in [-0.39, 0.29) is 29.4 Å². The van der Waals surface area contributed by atoms with Crippen molar-refractivity contribution in [2.45, 2.75) is 48.6 Å². The van der Waals surface area contributed by atoms with E-state index in [1.54, 1.807) is 12.1 Å². The zero-order valence-electron chi connectivity index (χ0n) is 16.8. The smallest absolute Gasteiger partial charge is 0.303 e. The Morgan fingerprint density at radius 3 is 2.65 bits per heavy atom. The number of benzene rings is 3. The highest BCUT2D eigenvalue weighted by Gasteiger charge is 2.46. The summed E-state index contributed by atoms with van der Waals surface area (Å²) in [5.41, 5.74) is 1.83. The Labute approximate surface area is 180 Å². The molecule has 3 unspecified atom stereocenters. The lowest BCUT2D eigenvalue weighted by Gasteiger charge is -2.20. The molecule has 3 aromatic rings. The summed E-state index contributed by atoms with van der Waals surface area (Å²) in [6, 6.07) is 18.2. The van der Waals surface area contributed by atoms with Crippen LogP contribution >= 0.6 is 0 Å². The minimum atomic E-state index is -3.73. The molecule has 1 aliphatic heterocycles. The van der Waals surface area contributed by atoms with E-state index in [9.17, 15) is 13.2 Å². The lowest BCUT2D eigenvalue weighted by Crippen LogP contribution is -2.37. The Morgan fingerprint density at radius 1 is 1.03 bits per heavy atom. The molecular weight excluding hydrogens is 414 g/mol. The number of sulfonamides is 1. The maximum Gasteiger partial charge on any atom is 0.303 e. The van der Waals surface area contributed by atoms with Gasteiger partial charge in [0.2, 0.25) is 10.0 Å². The van der Waals surface area contributed by atoms with Crippen LogP contribution in [-0.2, 0) is 21.2 Å². The topological polar surface area (TPSA) is 92.7 Å². The highest BCUT2D eigenvalue weighted by Crippen LogP contribution is 2.49. The van der Waals surface area contributed by atoms with E-state index in [1.807, 2.05) is 48.5 Å². The normalized spacial score (nSPS) is 22.1. The number of nitrogens with one attached hydrogen (secondary N) is 1. The van der Waals surface area contributed by atoms with Gasteiger partial charge in [-0.25, -0.2) is 13.1 Å². The fourth-order valence-electron chi connectivity index (χ4n) is 4.94. The number of aliphatic carboxylic acids is 1. The monoisotopic (exact) mass is 437 g/mol. The zero-order valence-corrected chi connectivity index (χ0v) is 17.6. The van der Waals surface area contributed by atoms with Gasteiger partial charge in [-0.3, -0.25) is 4.79 Å². The average Bonchev–Trinajstić information content (AvgIpc) is 3.31. The molecule has 0 saturated heterocycles. The Hall–Kier alpha value is -2.90. The van der Waals surface area contributed by atoms with E-state index in [4.69, 9.17) is 9.84 Å². The van der Waals surface area contributed by atoms with E-state index >= 15 is 0 Å². The molecule has 0 amide bonds. The number of para-hydroxylation sites is 1. The number of aryl methyl sites for hydroxylation is 1. The number of hydrogen-bond acceptors (Lipinski definition) is 4. The van der Waals surface area contributed by atoms with Crippen molar-refractivity contribution in [2.75, 3.05) is 0 Å². The van der Waals surface area contributed by atoms with E-state index in [2.05, 4.69) is 4.72 Å². The first-order valence-electron chi connectivity index (χ1n) is 10.4. The third kappa shape index (κ3) is 3.58. The summed E-state index contributed by atoms with van der Waals surface area (Å²) in [5, 5.41) is 10.6. The highest BCUT2D eigenvalue weighted by molar-refractivity contribution is 7.89. The van der Waals surface area contributed by atoms with Crippen LogP contribution in [0.5, 0.6) is 5.75 Å². The quantitative estimate of drug-likeness (QED) is 0.611. The zero-order chi connectivity index (χ0) is 21.6. The lowest BCUT2D eigenvalue weighted by molar-refractivity contribution is -0.136. The number of ether oxygens (including phenoxy) is 1. The molecule has 2 N–H and O–H groups in total. The molecule has 0 bridgehead atoms. The number of rotatable bonds is 6. The van der Waals surface area contributed by atoms with Crippen LogP contribution in [0.3, 0.4) is 0 Å². The third-order valence-electron chi connectivity index (χ3n) is 6.31. The molecule has 0 aromatic heterocycles. The summed E-state index contributed by atoms with van der Waals surface area (Å²) in [5.74, 6) is -0.200. The maximum atomic E-state index is 13.3. The van der Waals surface area contributed by atoms with E-state index in [0.717, 1.165) is 28.7 Å². The van der Waals surface area contributed by atoms with Crippen molar-refractivity contribution in [1.82, 2.24) is 4.72 Å². The first-order chi connectivity index (χ1) is 14.9. The van der Waals surface area contributed by atoms with E-state index in [1.165, 1.54) is 0 Å². The van der Waals surface area contributed by atoms with Crippen molar-refractivity contribution in [2.24, 2.45) is 0 Å². The van der Waals surface area contributed by atoms with Gasteiger partial charge in [-0.05, 0) is 36.3 Å². The number of carbonyl (C=O) groups is 1. The van der Waals surface area contributed by atoms with Gasteiger partial charge in [0, 0.05) is 29.3 Å². The fourth-order valence-corrected chi connectivity index (χ4v) is 6.46. The van der Waals surface area contributed by atoms with E-state index < -0.39 is 16.0 Å². The summed E-state index contributed by atoms with van der Waals surface area (Å²) in [6.45, 7) is 0. The molecule has 2 aliphatic rings. The lowest BCUT2D eigenvalue weighted by atomic mass is 9.92. The van der Waals surface area contributed by atoms with Gasteiger partial charge in [0.15, 0.2) is 0 Å². The van der Waals surface area contributed by atoms with Crippen molar-refractivity contribution in [1.29, 1.82) is 0 Å². The van der Waals surface area contributed by atoms with Crippen molar-refractivity contribution < 1.29 is 23.1 Å². The molecular formula is C24H23NO5S. The van der Waals surface area contributed by atoms with Crippen molar-refractivity contribution >= 4 is 26.8 Å². The maximum absolute atomic E-state index is 13.3. The molecule has 160 valence electrons. The Morgan fingerprint density at radius 2 is 1.81 bits per heavy atom. The average molecular weight is 438 g/mol. The Bertz CT molecular complexity index is 1260. The minimum Gasteiger partial charge on any atom is -0.489 e. The number of fused-ring (bicyclic) bond motifs is 4. The largest absolute Gasteiger partial charge is 0.489 e. The predicted octanol–water partition coefficient (Wildman–Crippen LogP) is 3.84. The molecule has 1 aliphatic carbocycles. The molecule has 3 atom stereocenters. The molecule has 6 nitrogen and oxygen atoms in total. The van der Waals surface area contributed by atoms with Gasteiger partial charge in [-0.2, -0.15) is 0 Å². The second-order valence-corrected chi connectivity index (χ2v) is 9.88. The van der Waals surface area contributed by atoms with Crippen LogP contribution in [0.2, 0.25) is 0 Å². The fraction of sp³-hybridized carbons (Fsp3) is 0.292. The van der Waals surface area contributed by atoms with Crippen molar-refractivity contribution in [3.05, 3.63) is 71.8 Å². The number of carboxylic acid groups (broad SMARTS) is 1. The second-order valence-electron chi connectivity index (χ2n) is 8.19. The Balaban J connectivity index is 1.45. The van der Waals surface area contributed by atoms with Gasteiger partial charge in [-0.15, -0.1) is 0 Å². The van der Waals surface area contributed by atoms with Crippen LogP contribution in [0.1, 0.15) is 36.3 Å². The SMILES string of the molecule is O=C(O)CCc1cccc2c1OC1CCC(NS(=O)(=O)c3cccc4ccccc34)C21. The predicted molar refractivity (Wildman–Crippen MR) is 117 cm³/mol. The summed E-state index contributed by atoms with van der Waals surface area (Å²) >= 11 is 0. The first kappa shape index (κ1) is 20.0. The van der Waals surface area contributed by atoms with Crippen molar-refractivity contribution in [3.63, 3.8) is 0 Å².